The molecule has 0 aromatic heterocycles. The first kappa shape index (κ1) is 14.2. The lowest BCUT2D eigenvalue weighted by Crippen LogP contribution is -2.39. The largest absolute Gasteiger partial charge is 0.103 e. The molecule has 0 heterocycles. The SMILES string of the molecule is CCCCCCC=C[Si](C)(C)c1ccccc1. The molecule has 0 N–H and O–H groups in total. The van der Waals surface area contributed by atoms with E-state index in [0.717, 1.165) is 0 Å². The lowest BCUT2D eigenvalue weighted by Gasteiger charge is -2.18. The van der Waals surface area contributed by atoms with Gasteiger partial charge in [-0.15, -0.1) is 0 Å². The molecule has 0 fully saturated rings. The predicted octanol–water partition coefficient (Wildman–Crippen LogP) is 4.67. The van der Waals surface area contributed by atoms with Gasteiger partial charge in [-0.05, 0) is 12.8 Å². The van der Waals surface area contributed by atoms with Gasteiger partial charge < -0.3 is 0 Å². The highest BCUT2D eigenvalue weighted by Crippen LogP contribution is 2.08. The highest BCUT2D eigenvalue weighted by atomic mass is 28.3. The fraction of sp³-hybridized carbons (Fsp3) is 0.500. The minimum Gasteiger partial charge on any atom is -0.0943 e. The number of allylic oxidation sites excluding steroid dienone is 1. The Kier molecular flexibility index (Phi) is 6.28. The van der Waals surface area contributed by atoms with Gasteiger partial charge in [0.05, 0.1) is 0 Å². The highest BCUT2D eigenvalue weighted by molar-refractivity contribution is 6.93. The fourth-order valence-electron chi connectivity index (χ4n) is 2.03. The topological polar surface area (TPSA) is 0 Å². The second kappa shape index (κ2) is 7.49. The van der Waals surface area contributed by atoms with Crippen molar-refractivity contribution in [3.05, 3.63) is 42.1 Å². The van der Waals surface area contributed by atoms with Crippen LogP contribution >= 0.6 is 0 Å². The van der Waals surface area contributed by atoms with Gasteiger partial charge in [0.2, 0.25) is 0 Å². The Labute approximate surface area is 108 Å². The van der Waals surface area contributed by atoms with E-state index in [-0.39, 0.29) is 0 Å². The summed E-state index contributed by atoms with van der Waals surface area (Å²) >= 11 is 0. The standard InChI is InChI=1S/C16H26Si/c1-4-5-6-7-8-12-15-17(2,3)16-13-10-9-11-14-16/h9-15H,4-8H2,1-3H3. The smallest absolute Gasteiger partial charge is 0.0943 e. The van der Waals surface area contributed by atoms with Crippen LogP contribution in [0.4, 0.5) is 0 Å². The second-order valence-electron chi connectivity index (χ2n) is 5.34. The molecule has 0 amide bonds. The summed E-state index contributed by atoms with van der Waals surface area (Å²) in [7, 11) is -1.33. The molecular formula is C16H26Si. The maximum atomic E-state index is 2.49. The third kappa shape index (κ3) is 5.36. The number of hydrogen-bond donors (Lipinski definition) is 0. The van der Waals surface area contributed by atoms with Crippen molar-refractivity contribution in [1.29, 1.82) is 0 Å². The molecule has 1 aromatic carbocycles. The Bertz CT molecular complexity index is 325. The molecular weight excluding hydrogens is 220 g/mol. The molecule has 0 atom stereocenters. The van der Waals surface area contributed by atoms with Crippen LogP contribution in [0.25, 0.3) is 0 Å². The molecule has 0 aliphatic carbocycles. The van der Waals surface area contributed by atoms with Crippen LogP contribution in [-0.2, 0) is 0 Å². The summed E-state index contributed by atoms with van der Waals surface area (Å²) in [6, 6.07) is 10.9. The van der Waals surface area contributed by atoms with E-state index in [1.54, 1.807) is 0 Å². The van der Waals surface area contributed by atoms with E-state index in [1.165, 1.54) is 37.3 Å². The monoisotopic (exact) mass is 246 g/mol. The summed E-state index contributed by atoms with van der Waals surface area (Å²) in [6.07, 6.45) is 9.11. The van der Waals surface area contributed by atoms with Crippen molar-refractivity contribution in [2.24, 2.45) is 0 Å². The van der Waals surface area contributed by atoms with E-state index in [0.29, 0.717) is 0 Å². The van der Waals surface area contributed by atoms with Gasteiger partial charge in [-0.25, -0.2) is 0 Å². The van der Waals surface area contributed by atoms with Gasteiger partial charge in [0.25, 0.3) is 0 Å². The summed E-state index contributed by atoms with van der Waals surface area (Å²) < 4.78 is 0. The van der Waals surface area contributed by atoms with Gasteiger partial charge in [-0.3, -0.25) is 0 Å². The summed E-state index contributed by atoms with van der Waals surface area (Å²) in [5.74, 6) is 0. The van der Waals surface area contributed by atoms with Crippen molar-refractivity contribution in [3.8, 4) is 0 Å². The van der Waals surface area contributed by atoms with Crippen LogP contribution in [0.3, 0.4) is 0 Å². The zero-order valence-corrected chi connectivity index (χ0v) is 12.6. The minimum absolute atomic E-state index is 1.25. The Hall–Kier alpha value is -0.823. The van der Waals surface area contributed by atoms with E-state index in [2.05, 4.69) is 62.1 Å². The molecule has 0 bridgehead atoms. The summed E-state index contributed by atoms with van der Waals surface area (Å²) in [4.78, 5) is 0. The van der Waals surface area contributed by atoms with Crippen molar-refractivity contribution >= 4 is 13.3 Å². The first-order chi connectivity index (χ1) is 8.17. The van der Waals surface area contributed by atoms with Crippen LogP contribution in [0.5, 0.6) is 0 Å². The Balaban J connectivity index is 2.41. The summed E-state index contributed by atoms with van der Waals surface area (Å²) in [5.41, 5.74) is 2.49. The molecule has 0 spiro atoms. The molecule has 0 aliphatic rings. The van der Waals surface area contributed by atoms with E-state index in [9.17, 15) is 0 Å². The van der Waals surface area contributed by atoms with E-state index in [1.807, 2.05) is 0 Å². The van der Waals surface area contributed by atoms with Gasteiger partial charge in [-0.2, -0.15) is 0 Å². The van der Waals surface area contributed by atoms with Crippen molar-refractivity contribution in [1.82, 2.24) is 0 Å². The lowest BCUT2D eigenvalue weighted by atomic mass is 10.2. The molecule has 0 saturated carbocycles. The Morgan fingerprint density at radius 1 is 1.00 bits per heavy atom. The van der Waals surface area contributed by atoms with Crippen molar-refractivity contribution in [3.63, 3.8) is 0 Å². The number of hydrogen-bond acceptors (Lipinski definition) is 0. The Morgan fingerprint density at radius 2 is 1.71 bits per heavy atom. The molecule has 0 radical (unpaired) electrons. The van der Waals surface area contributed by atoms with Crippen LogP contribution in [0.2, 0.25) is 13.1 Å². The van der Waals surface area contributed by atoms with Crippen molar-refractivity contribution in [2.45, 2.75) is 52.1 Å². The molecule has 94 valence electrons. The molecule has 0 aliphatic heterocycles. The normalized spacial score (nSPS) is 12.2. The zero-order chi connectivity index (χ0) is 12.6. The molecule has 1 heteroatoms. The van der Waals surface area contributed by atoms with Crippen LogP contribution in [0.1, 0.15) is 39.0 Å². The maximum Gasteiger partial charge on any atom is 0.103 e. The van der Waals surface area contributed by atoms with E-state index < -0.39 is 8.07 Å². The fourth-order valence-corrected chi connectivity index (χ4v) is 4.03. The van der Waals surface area contributed by atoms with Gasteiger partial charge >= 0.3 is 0 Å². The van der Waals surface area contributed by atoms with Gasteiger partial charge in [0, 0.05) is 0 Å². The molecule has 1 rings (SSSR count). The average Bonchev–Trinajstić information content (AvgIpc) is 2.35. The van der Waals surface area contributed by atoms with Crippen LogP contribution in [0.15, 0.2) is 42.1 Å². The molecule has 0 nitrogen and oxygen atoms in total. The lowest BCUT2D eigenvalue weighted by molar-refractivity contribution is 0.674. The van der Waals surface area contributed by atoms with E-state index >= 15 is 0 Å². The average molecular weight is 246 g/mol. The summed E-state index contributed by atoms with van der Waals surface area (Å²) in [5, 5.41) is 1.53. The first-order valence-corrected chi connectivity index (χ1v) is 9.98. The number of rotatable bonds is 7. The summed E-state index contributed by atoms with van der Waals surface area (Å²) in [6.45, 7) is 7.11. The van der Waals surface area contributed by atoms with Gasteiger partial charge in [0.1, 0.15) is 8.07 Å². The third-order valence-electron chi connectivity index (χ3n) is 3.28. The third-order valence-corrected chi connectivity index (χ3v) is 6.17. The van der Waals surface area contributed by atoms with Gasteiger partial charge in [0.15, 0.2) is 0 Å². The number of benzene rings is 1. The quantitative estimate of drug-likeness (QED) is 0.484. The molecule has 1 aromatic rings. The molecule has 0 unspecified atom stereocenters. The van der Waals surface area contributed by atoms with E-state index in [4.69, 9.17) is 0 Å². The minimum atomic E-state index is -1.33. The van der Waals surface area contributed by atoms with Crippen LogP contribution in [0, 0.1) is 0 Å². The van der Waals surface area contributed by atoms with Crippen LogP contribution < -0.4 is 5.19 Å². The number of unbranched alkanes of at least 4 members (excludes halogenated alkanes) is 4. The van der Waals surface area contributed by atoms with Crippen molar-refractivity contribution < 1.29 is 0 Å². The predicted molar refractivity (Wildman–Crippen MR) is 81.5 cm³/mol. The van der Waals surface area contributed by atoms with Crippen LogP contribution in [-0.4, -0.2) is 8.07 Å². The second-order valence-corrected chi connectivity index (χ2v) is 9.69. The highest BCUT2D eigenvalue weighted by Gasteiger charge is 2.18. The molecule has 0 saturated heterocycles. The Morgan fingerprint density at radius 3 is 2.35 bits per heavy atom. The molecule has 17 heavy (non-hydrogen) atoms. The zero-order valence-electron chi connectivity index (χ0n) is 11.6. The maximum absolute atomic E-state index is 2.49. The van der Waals surface area contributed by atoms with Crippen molar-refractivity contribution in [2.75, 3.05) is 0 Å². The van der Waals surface area contributed by atoms with Gasteiger partial charge in [-0.1, -0.05) is 86.6 Å². The first-order valence-electron chi connectivity index (χ1n) is 6.90.